The second-order valence-electron chi connectivity index (χ2n) is 8.15. The molecule has 2 aliphatic rings. The molecule has 5 rings (SSSR count). The molecule has 3 heterocycles. The quantitative estimate of drug-likeness (QED) is 0.712. The van der Waals surface area contributed by atoms with Crippen LogP contribution in [0.25, 0.3) is 10.2 Å². The Labute approximate surface area is 173 Å². The number of aryl methyl sites for hydroxylation is 1. The summed E-state index contributed by atoms with van der Waals surface area (Å²) in [5.41, 5.74) is 8.88. The van der Waals surface area contributed by atoms with Gasteiger partial charge >= 0.3 is 6.03 Å². The average Bonchev–Trinajstić information content (AvgIpc) is 3.35. The summed E-state index contributed by atoms with van der Waals surface area (Å²) in [5.74, 6) is 1.90. The number of nitrogens with zero attached hydrogens (tertiary/aromatic N) is 3. The van der Waals surface area contributed by atoms with Gasteiger partial charge in [0, 0.05) is 32.7 Å². The SMILES string of the molecule is Cc1ccc2nc(Oc3ccc(CN4CC5CN(C(N)=O)CC5C4)cc3)sc2c1. The molecule has 0 radical (unpaired) electrons. The first kappa shape index (κ1) is 18.4. The molecular weight excluding hydrogens is 384 g/mol. The number of fused-ring (bicyclic) bond motifs is 2. The van der Waals surface area contributed by atoms with Crippen LogP contribution in [0.5, 0.6) is 10.9 Å². The highest BCUT2D eigenvalue weighted by Gasteiger charge is 2.40. The van der Waals surface area contributed by atoms with E-state index in [9.17, 15) is 4.79 Å². The molecular formula is C22H24N4O2S. The van der Waals surface area contributed by atoms with E-state index in [2.05, 4.69) is 41.1 Å². The highest BCUT2D eigenvalue weighted by molar-refractivity contribution is 7.20. The number of benzene rings is 2. The lowest BCUT2D eigenvalue weighted by atomic mass is 10.0. The van der Waals surface area contributed by atoms with Crippen LogP contribution in [-0.2, 0) is 6.54 Å². The summed E-state index contributed by atoms with van der Waals surface area (Å²) < 4.78 is 7.11. The number of nitrogens with two attached hydrogens (primary N) is 1. The van der Waals surface area contributed by atoms with Crippen LogP contribution >= 0.6 is 11.3 Å². The number of hydrogen-bond acceptors (Lipinski definition) is 5. The van der Waals surface area contributed by atoms with Crippen molar-refractivity contribution in [2.45, 2.75) is 13.5 Å². The number of thiazole rings is 1. The van der Waals surface area contributed by atoms with Crippen molar-refractivity contribution in [1.29, 1.82) is 0 Å². The Hall–Kier alpha value is -2.64. The van der Waals surface area contributed by atoms with Gasteiger partial charge in [-0.2, -0.15) is 0 Å². The zero-order valence-electron chi connectivity index (χ0n) is 16.4. The van der Waals surface area contributed by atoms with Gasteiger partial charge in [-0.15, -0.1) is 0 Å². The average molecular weight is 409 g/mol. The minimum absolute atomic E-state index is 0.287. The Morgan fingerprint density at radius 1 is 1.14 bits per heavy atom. The molecule has 3 aromatic rings. The summed E-state index contributed by atoms with van der Waals surface area (Å²) in [6.07, 6.45) is 0. The largest absolute Gasteiger partial charge is 0.431 e. The number of primary amides is 1. The van der Waals surface area contributed by atoms with Crippen LogP contribution in [0.15, 0.2) is 42.5 Å². The smallest absolute Gasteiger partial charge is 0.314 e. The third kappa shape index (κ3) is 3.80. The molecule has 2 N–H and O–H groups in total. The van der Waals surface area contributed by atoms with Crippen LogP contribution in [0.1, 0.15) is 11.1 Å². The van der Waals surface area contributed by atoms with Crippen LogP contribution in [0.4, 0.5) is 4.79 Å². The molecule has 7 heteroatoms. The summed E-state index contributed by atoms with van der Waals surface area (Å²) in [5, 5.41) is 0.671. The number of urea groups is 1. The third-order valence-corrected chi connectivity index (χ3v) is 6.83. The van der Waals surface area contributed by atoms with E-state index in [1.54, 1.807) is 16.2 Å². The van der Waals surface area contributed by atoms with Crippen molar-refractivity contribution in [3.8, 4) is 10.9 Å². The summed E-state index contributed by atoms with van der Waals surface area (Å²) in [4.78, 5) is 20.2. The Balaban J connectivity index is 1.19. The van der Waals surface area contributed by atoms with Gasteiger partial charge < -0.3 is 15.4 Å². The summed E-state index contributed by atoms with van der Waals surface area (Å²) in [6.45, 7) is 6.65. The van der Waals surface area contributed by atoms with E-state index < -0.39 is 0 Å². The molecule has 2 aromatic carbocycles. The lowest BCUT2D eigenvalue weighted by Gasteiger charge is -2.20. The predicted octanol–water partition coefficient (Wildman–Crippen LogP) is 3.84. The maximum absolute atomic E-state index is 11.4. The minimum atomic E-state index is -0.287. The van der Waals surface area contributed by atoms with Gasteiger partial charge in [0.2, 0.25) is 0 Å². The van der Waals surface area contributed by atoms with Gasteiger partial charge in [0.05, 0.1) is 10.2 Å². The van der Waals surface area contributed by atoms with Crippen LogP contribution in [-0.4, -0.2) is 47.0 Å². The Kier molecular flexibility index (Phi) is 4.64. The van der Waals surface area contributed by atoms with Gasteiger partial charge in [0.1, 0.15) is 5.75 Å². The molecule has 2 atom stereocenters. The zero-order chi connectivity index (χ0) is 20.0. The topological polar surface area (TPSA) is 71.7 Å². The number of aromatic nitrogens is 1. The molecule has 0 spiro atoms. The van der Waals surface area contributed by atoms with E-state index in [-0.39, 0.29) is 6.03 Å². The van der Waals surface area contributed by atoms with Gasteiger partial charge in [-0.25, -0.2) is 9.78 Å². The molecule has 2 aliphatic heterocycles. The van der Waals surface area contributed by atoms with Crippen molar-refractivity contribution >= 4 is 27.6 Å². The van der Waals surface area contributed by atoms with Crippen molar-refractivity contribution in [2.24, 2.45) is 17.6 Å². The van der Waals surface area contributed by atoms with Crippen molar-refractivity contribution in [1.82, 2.24) is 14.8 Å². The van der Waals surface area contributed by atoms with E-state index in [1.165, 1.54) is 11.1 Å². The first-order chi connectivity index (χ1) is 14.0. The van der Waals surface area contributed by atoms with E-state index in [1.807, 2.05) is 18.2 Å². The molecule has 0 bridgehead atoms. The first-order valence-corrected chi connectivity index (χ1v) is 10.8. The summed E-state index contributed by atoms with van der Waals surface area (Å²) in [6, 6.07) is 14.2. The fraction of sp³-hybridized carbons (Fsp3) is 0.364. The molecule has 2 saturated heterocycles. The van der Waals surface area contributed by atoms with Crippen LogP contribution < -0.4 is 10.5 Å². The fourth-order valence-electron chi connectivity index (χ4n) is 4.48. The van der Waals surface area contributed by atoms with E-state index >= 15 is 0 Å². The van der Waals surface area contributed by atoms with Crippen molar-refractivity contribution in [3.63, 3.8) is 0 Å². The molecule has 0 saturated carbocycles. The highest BCUT2D eigenvalue weighted by atomic mass is 32.1. The lowest BCUT2D eigenvalue weighted by molar-refractivity contribution is 0.208. The zero-order valence-corrected chi connectivity index (χ0v) is 17.2. The van der Waals surface area contributed by atoms with Crippen LogP contribution in [0.3, 0.4) is 0 Å². The maximum atomic E-state index is 11.4. The Bertz CT molecular complexity index is 1030. The highest BCUT2D eigenvalue weighted by Crippen LogP contribution is 2.33. The van der Waals surface area contributed by atoms with Crippen molar-refractivity contribution < 1.29 is 9.53 Å². The van der Waals surface area contributed by atoms with E-state index in [4.69, 9.17) is 10.5 Å². The number of ether oxygens (including phenoxy) is 1. The molecule has 2 unspecified atom stereocenters. The van der Waals surface area contributed by atoms with Gasteiger partial charge in [-0.3, -0.25) is 4.90 Å². The number of carbonyl (C=O) groups is 1. The fourth-order valence-corrected chi connectivity index (χ4v) is 5.41. The van der Waals surface area contributed by atoms with Crippen molar-refractivity contribution in [3.05, 3.63) is 53.6 Å². The van der Waals surface area contributed by atoms with Gasteiger partial charge in [0.25, 0.3) is 5.19 Å². The monoisotopic (exact) mass is 408 g/mol. The number of carbonyl (C=O) groups excluding carboxylic acids is 1. The molecule has 2 amide bonds. The third-order valence-electron chi connectivity index (χ3n) is 5.93. The van der Waals surface area contributed by atoms with Gasteiger partial charge in [-0.05, 0) is 54.2 Å². The first-order valence-electron chi connectivity index (χ1n) is 9.94. The molecule has 150 valence electrons. The van der Waals surface area contributed by atoms with Crippen LogP contribution in [0, 0.1) is 18.8 Å². The number of amides is 2. The van der Waals surface area contributed by atoms with Crippen LogP contribution in [0.2, 0.25) is 0 Å². The Morgan fingerprint density at radius 2 is 1.86 bits per heavy atom. The molecule has 0 aliphatic carbocycles. The normalized spacial score (nSPS) is 21.6. The molecule has 6 nitrogen and oxygen atoms in total. The summed E-state index contributed by atoms with van der Waals surface area (Å²) >= 11 is 1.57. The van der Waals surface area contributed by atoms with E-state index in [0.29, 0.717) is 17.0 Å². The van der Waals surface area contributed by atoms with Gasteiger partial charge in [0.15, 0.2) is 0 Å². The lowest BCUT2D eigenvalue weighted by Crippen LogP contribution is -2.36. The minimum Gasteiger partial charge on any atom is -0.431 e. The van der Waals surface area contributed by atoms with E-state index in [0.717, 1.165) is 48.7 Å². The second kappa shape index (κ2) is 7.31. The Morgan fingerprint density at radius 3 is 2.55 bits per heavy atom. The number of likely N-dealkylation sites (tertiary alicyclic amines) is 2. The molecule has 1 aromatic heterocycles. The number of rotatable bonds is 4. The predicted molar refractivity (Wildman–Crippen MR) is 114 cm³/mol. The molecule has 29 heavy (non-hydrogen) atoms. The standard InChI is InChI=1S/C22H24N4O2S/c1-14-2-7-19-20(8-14)29-22(24-19)28-18-5-3-15(4-6-18)9-25-10-16-12-26(21(23)27)13-17(16)11-25/h2-8,16-17H,9-13H2,1H3,(H2,23,27). The van der Waals surface area contributed by atoms with Crippen molar-refractivity contribution in [2.75, 3.05) is 26.2 Å². The maximum Gasteiger partial charge on any atom is 0.314 e. The summed E-state index contributed by atoms with van der Waals surface area (Å²) in [7, 11) is 0. The second-order valence-corrected chi connectivity index (χ2v) is 9.15. The number of hydrogen-bond donors (Lipinski definition) is 1. The van der Waals surface area contributed by atoms with Gasteiger partial charge in [-0.1, -0.05) is 29.5 Å². The molecule has 2 fully saturated rings.